The van der Waals surface area contributed by atoms with Crippen LogP contribution in [0, 0.1) is 0 Å². The lowest BCUT2D eigenvalue weighted by atomic mass is 10.0. The molecule has 3 aromatic carbocycles. The van der Waals surface area contributed by atoms with Gasteiger partial charge in [-0.15, -0.1) is 0 Å². The van der Waals surface area contributed by atoms with Gasteiger partial charge in [0.15, 0.2) is 17.5 Å². The Kier molecular flexibility index (Phi) is 7.51. The topological polar surface area (TPSA) is 61.2 Å². The lowest BCUT2D eigenvalue weighted by molar-refractivity contribution is -0.915. The van der Waals surface area contributed by atoms with Crippen molar-refractivity contribution in [3.63, 3.8) is 0 Å². The number of carbonyl (C=O) groups excluding carboxylic acids is 1. The van der Waals surface area contributed by atoms with E-state index in [0.29, 0.717) is 29.5 Å². The first-order chi connectivity index (χ1) is 15.1. The van der Waals surface area contributed by atoms with E-state index in [2.05, 4.69) is 5.32 Å². The highest BCUT2D eigenvalue weighted by Crippen LogP contribution is 2.30. The van der Waals surface area contributed by atoms with Crippen LogP contribution >= 0.6 is 0 Å². The van der Waals surface area contributed by atoms with Crippen LogP contribution in [0.4, 0.5) is 5.69 Å². The van der Waals surface area contributed by atoms with Gasteiger partial charge in [0, 0.05) is 17.3 Å². The van der Waals surface area contributed by atoms with E-state index < -0.39 is 6.04 Å². The SMILES string of the molecule is COc1cccc(NC(=O)[C@@H](c2ccccc2)[NH+](C)Cc2cccc(OC)c2OC)c1. The van der Waals surface area contributed by atoms with Gasteiger partial charge in [-0.05, 0) is 24.3 Å². The Bertz CT molecular complexity index is 1010. The molecule has 0 bridgehead atoms. The molecule has 0 saturated heterocycles. The lowest BCUT2D eigenvalue weighted by Gasteiger charge is -2.25. The summed E-state index contributed by atoms with van der Waals surface area (Å²) in [5, 5.41) is 3.04. The van der Waals surface area contributed by atoms with Gasteiger partial charge in [0.05, 0.1) is 33.9 Å². The van der Waals surface area contributed by atoms with E-state index in [1.54, 1.807) is 27.4 Å². The van der Waals surface area contributed by atoms with Crippen LogP contribution in [0.1, 0.15) is 17.2 Å². The standard InChI is InChI=1S/C25H28N2O4/c1-27(17-19-12-8-15-22(30-3)24(19)31-4)23(18-10-6-5-7-11-18)25(28)26-20-13-9-14-21(16-20)29-2/h5-16,23H,17H2,1-4H3,(H,26,28)/p+1/t23-/m1/s1. The van der Waals surface area contributed by atoms with Crippen molar-refractivity contribution in [2.75, 3.05) is 33.7 Å². The second kappa shape index (κ2) is 10.5. The van der Waals surface area contributed by atoms with Crippen molar-refractivity contribution in [3.05, 3.63) is 83.9 Å². The van der Waals surface area contributed by atoms with Crippen molar-refractivity contribution < 1.29 is 23.9 Å². The van der Waals surface area contributed by atoms with E-state index in [1.807, 2.05) is 73.8 Å². The van der Waals surface area contributed by atoms with Crippen LogP contribution in [-0.2, 0) is 11.3 Å². The molecule has 0 spiro atoms. The third-order valence-electron chi connectivity index (χ3n) is 5.18. The highest BCUT2D eigenvalue weighted by molar-refractivity contribution is 5.94. The van der Waals surface area contributed by atoms with Crippen LogP contribution in [0.3, 0.4) is 0 Å². The average molecular weight is 422 g/mol. The Hall–Kier alpha value is -3.51. The first-order valence-corrected chi connectivity index (χ1v) is 10.1. The molecule has 3 rings (SSSR count). The third-order valence-corrected chi connectivity index (χ3v) is 5.18. The summed E-state index contributed by atoms with van der Waals surface area (Å²) in [4.78, 5) is 14.4. The van der Waals surface area contributed by atoms with Gasteiger partial charge in [-0.1, -0.05) is 42.5 Å². The number of anilines is 1. The summed E-state index contributed by atoms with van der Waals surface area (Å²) < 4.78 is 16.3. The normalized spacial score (nSPS) is 12.5. The molecule has 0 heterocycles. The quantitative estimate of drug-likeness (QED) is 0.557. The maximum Gasteiger partial charge on any atom is 0.287 e. The van der Waals surface area contributed by atoms with Crippen LogP contribution in [-0.4, -0.2) is 34.3 Å². The van der Waals surface area contributed by atoms with Gasteiger partial charge in [0.1, 0.15) is 12.3 Å². The number of carbonyl (C=O) groups is 1. The van der Waals surface area contributed by atoms with Gasteiger partial charge in [0.25, 0.3) is 5.91 Å². The summed E-state index contributed by atoms with van der Waals surface area (Å²) in [7, 11) is 6.85. The molecule has 0 aliphatic rings. The Morgan fingerprint density at radius 1 is 0.903 bits per heavy atom. The molecule has 0 fully saturated rings. The molecule has 6 heteroatoms. The van der Waals surface area contributed by atoms with Gasteiger partial charge < -0.3 is 24.4 Å². The highest BCUT2D eigenvalue weighted by atomic mass is 16.5. The monoisotopic (exact) mass is 421 g/mol. The molecule has 1 unspecified atom stereocenters. The molecule has 1 amide bonds. The number of nitrogens with one attached hydrogen (secondary N) is 2. The minimum atomic E-state index is -0.427. The van der Waals surface area contributed by atoms with Gasteiger partial charge >= 0.3 is 0 Å². The molecule has 0 aliphatic carbocycles. The van der Waals surface area contributed by atoms with Gasteiger partial charge in [-0.2, -0.15) is 0 Å². The highest BCUT2D eigenvalue weighted by Gasteiger charge is 2.30. The number of rotatable bonds is 9. The number of hydrogen-bond donors (Lipinski definition) is 2. The fourth-order valence-corrected chi connectivity index (χ4v) is 3.72. The molecule has 0 radical (unpaired) electrons. The fraction of sp³-hybridized carbons (Fsp3) is 0.240. The minimum absolute atomic E-state index is 0.0983. The minimum Gasteiger partial charge on any atom is -0.497 e. The number of methoxy groups -OCH3 is 3. The van der Waals surface area contributed by atoms with Crippen LogP contribution in [0.15, 0.2) is 72.8 Å². The van der Waals surface area contributed by atoms with E-state index in [0.717, 1.165) is 16.0 Å². The van der Waals surface area contributed by atoms with Crippen LogP contribution < -0.4 is 24.4 Å². The van der Waals surface area contributed by atoms with E-state index >= 15 is 0 Å². The molecule has 162 valence electrons. The zero-order valence-corrected chi connectivity index (χ0v) is 18.3. The molecule has 2 N–H and O–H groups in total. The zero-order chi connectivity index (χ0) is 22.2. The number of amides is 1. The number of para-hydroxylation sites is 1. The molecule has 0 aliphatic heterocycles. The molecule has 0 aromatic heterocycles. The van der Waals surface area contributed by atoms with Crippen molar-refractivity contribution in [2.24, 2.45) is 0 Å². The van der Waals surface area contributed by atoms with Gasteiger partial charge in [0.2, 0.25) is 0 Å². The predicted molar refractivity (Wildman–Crippen MR) is 121 cm³/mol. The largest absolute Gasteiger partial charge is 0.497 e. The predicted octanol–water partition coefficient (Wildman–Crippen LogP) is 3.11. The molecular weight excluding hydrogens is 392 g/mol. The van der Waals surface area contributed by atoms with E-state index in [4.69, 9.17) is 14.2 Å². The molecule has 6 nitrogen and oxygen atoms in total. The molecule has 3 aromatic rings. The smallest absolute Gasteiger partial charge is 0.287 e. The van der Waals surface area contributed by atoms with Crippen LogP contribution in [0.5, 0.6) is 17.2 Å². The molecular formula is C25H29N2O4+. The number of quaternary nitrogens is 1. The molecule has 2 atom stereocenters. The summed E-state index contributed by atoms with van der Waals surface area (Å²) in [6.07, 6.45) is 0. The Morgan fingerprint density at radius 3 is 2.32 bits per heavy atom. The van der Waals surface area contributed by atoms with Gasteiger partial charge in [-0.25, -0.2) is 0 Å². The maximum absolute atomic E-state index is 13.4. The van der Waals surface area contributed by atoms with E-state index in [9.17, 15) is 4.79 Å². The average Bonchev–Trinajstić information content (AvgIpc) is 2.79. The van der Waals surface area contributed by atoms with Crippen molar-refractivity contribution in [2.45, 2.75) is 12.6 Å². The fourth-order valence-electron chi connectivity index (χ4n) is 3.72. The summed E-state index contributed by atoms with van der Waals surface area (Å²) in [5.41, 5.74) is 2.59. The summed E-state index contributed by atoms with van der Waals surface area (Å²) in [6, 6.07) is 22.5. The van der Waals surface area contributed by atoms with Crippen molar-refractivity contribution in [1.29, 1.82) is 0 Å². The summed E-state index contributed by atoms with van der Waals surface area (Å²) >= 11 is 0. The van der Waals surface area contributed by atoms with Crippen LogP contribution in [0.2, 0.25) is 0 Å². The van der Waals surface area contributed by atoms with E-state index in [1.165, 1.54) is 0 Å². The zero-order valence-electron chi connectivity index (χ0n) is 18.3. The van der Waals surface area contributed by atoms with Crippen molar-refractivity contribution in [1.82, 2.24) is 0 Å². The molecule has 0 saturated carbocycles. The lowest BCUT2D eigenvalue weighted by Crippen LogP contribution is -3.09. The van der Waals surface area contributed by atoms with Crippen molar-refractivity contribution >= 4 is 11.6 Å². The Labute approximate surface area is 183 Å². The van der Waals surface area contributed by atoms with Gasteiger partial charge in [-0.3, -0.25) is 4.79 Å². The number of benzene rings is 3. The second-order valence-corrected chi connectivity index (χ2v) is 7.24. The third kappa shape index (κ3) is 5.35. The molecule has 31 heavy (non-hydrogen) atoms. The number of hydrogen-bond acceptors (Lipinski definition) is 4. The number of likely N-dealkylation sites (N-methyl/N-ethyl adjacent to an activating group) is 1. The van der Waals surface area contributed by atoms with E-state index in [-0.39, 0.29) is 5.91 Å². The maximum atomic E-state index is 13.4. The Morgan fingerprint density at radius 2 is 1.65 bits per heavy atom. The number of ether oxygens (including phenoxy) is 3. The second-order valence-electron chi connectivity index (χ2n) is 7.24. The van der Waals surface area contributed by atoms with Crippen molar-refractivity contribution in [3.8, 4) is 17.2 Å². The Balaban J connectivity index is 1.90. The first kappa shape index (κ1) is 22.2. The summed E-state index contributed by atoms with van der Waals surface area (Å²) in [6.45, 7) is 0.575. The van der Waals surface area contributed by atoms with Crippen LogP contribution in [0.25, 0.3) is 0 Å². The first-order valence-electron chi connectivity index (χ1n) is 10.1. The summed E-state index contributed by atoms with van der Waals surface area (Å²) in [5.74, 6) is 1.95.